The highest BCUT2D eigenvalue weighted by atomic mass is 16.6. The highest BCUT2D eigenvalue weighted by Crippen LogP contribution is 2.28. The summed E-state index contributed by atoms with van der Waals surface area (Å²) in [4.78, 5) is 54.3. The van der Waals surface area contributed by atoms with E-state index in [1.54, 1.807) is 0 Å². The second kappa shape index (κ2) is 26.6. The number of amides is 4. The van der Waals surface area contributed by atoms with Gasteiger partial charge in [0, 0.05) is 25.2 Å². The van der Waals surface area contributed by atoms with Crippen LogP contribution in [0.1, 0.15) is 97.9 Å². The van der Waals surface area contributed by atoms with E-state index < -0.39 is 17.7 Å². The number of aliphatic hydroxyl groups is 1. The number of nitrogens with one attached hydrogen (secondary N) is 3. The molecule has 4 N–H and O–H groups in total. The van der Waals surface area contributed by atoms with Crippen LogP contribution in [0.25, 0.3) is 16.7 Å². The first kappa shape index (κ1) is 48.0. The molecule has 1 aliphatic carbocycles. The van der Waals surface area contributed by atoms with Crippen molar-refractivity contribution in [2.45, 2.75) is 105 Å². The van der Waals surface area contributed by atoms with Gasteiger partial charge in [-0.05, 0) is 89.3 Å². The Hall–Kier alpha value is -5.17. The van der Waals surface area contributed by atoms with E-state index in [2.05, 4.69) is 65.6 Å². The van der Waals surface area contributed by atoms with Crippen LogP contribution in [0, 0.1) is 5.92 Å². The fourth-order valence-electron chi connectivity index (χ4n) is 5.30. The molecule has 4 amide bonds. The zero-order valence-electron chi connectivity index (χ0n) is 34.8. The Bertz CT molecular complexity index is 1650. The number of benzene rings is 2. The van der Waals surface area contributed by atoms with Crippen molar-refractivity contribution in [3.05, 3.63) is 84.8 Å². The number of carbonyl (C=O) groups is 4. The van der Waals surface area contributed by atoms with E-state index >= 15 is 0 Å². The zero-order valence-corrected chi connectivity index (χ0v) is 34.8. The SMILES string of the molecule is C=CCO.CC/C=C(\CNC(=O)C1CCCN1C(=O)CNC(=O)OCC1CC1)c1nc2ccccc2o1.CCCCNC(=O)OC(C)(C)C.CCc1ccccc1. The van der Waals surface area contributed by atoms with Gasteiger partial charge in [0.2, 0.25) is 17.7 Å². The number of aryl methyl sites for hydroxylation is 1. The standard InChI is InChI=1S/C24H30N4O5.C9H19NO2.C8H10.C3H6O/c1-2-6-17(23-27-18-7-3-4-9-20(18)33-23)13-25-22(30)19-8-5-12-28(19)21(29)14-26-24(31)32-15-16-10-11-16;1-5-6-7-10-8(11)12-9(2,3)4;1-2-8-6-4-3-5-7-8;1-2-3-4/h3-4,6-7,9,16,19H,2,5,8,10-15H2,1H3,(H,25,30)(H,26,31);5-7H2,1-4H3,(H,10,11);3-7H,2H2,1H3;2,4H,1,3H2/b17-6+;;;. The van der Waals surface area contributed by atoms with Crippen LogP contribution in [0.5, 0.6) is 0 Å². The Morgan fingerprint density at radius 2 is 1.63 bits per heavy atom. The van der Waals surface area contributed by atoms with Gasteiger partial charge in [0.05, 0.1) is 13.2 Å². The van der Waals surface area contributed by atoms with E-state index in [1.807, 2.05) is 64.1 Å². The molecule has 2 aromatic carbocycles. The number of likely N-dealkylation sites (tertiary alicyclic amines) is 1. The van der Waals surface area contributed by atoms with E-state index in [0.29, 0.717) is 43.5 Å². The third kappa shape index (κ3) is 20.0. The molecule has 1 atom stereocenters. The van der Waals surface area contributed by atoms with Crippen molar-refractivity contribution in [3.63, 3.8) is 0 Å². The van der Waals surface area contributed by atoms with Crippen LogP contribution in [0.15, 0.2) is 77.7 Å². The summed E-state index contributed by atoms with van der Waals surface area (Å²) in [5, 5.41) is 15.9. The number of unbranched alkanes of at least 4 members (excludes halogenated alkanes) is 1. The van der Waals surface area contributed by atoms with Crippen LogP contribution < -0.4 is 16.0 Å². The number of carbonyl (C=O) groups excluding carboxylic acids is 4. The molecule has 13 heteroatoms. The molecule has 1 saturated heterocycles. The molecule has 3 aromatic rings. The molecule has 5 rings (SSSR count). The minimum atomic E-state index is -0.594. The molecule has 1 aliphatic heterocycles. The number of nitrogens with zero attached hydrogens (tertiary/aromatic N) is 2. The number of allylic oxidation sites excluding steroid dienone is 1. The number of oxazole rings is 1. The van der Waals surface area contributed by atoms with Crippen molar-refractivity contribution in [2.24, 2.45) is 5.92 Å². The predicted molar refractivity (Wildman–Crippen MR) is 224 cm³/mol. The van der Waals surface area contributed by atoms with Crippen LogP contribution in [-0.4, -0.2) is 90.0 Å². The molecule has 57 heavy (non-hydrogen) atoms. The largest absolute Gasteiger partial charge is 0.449 e. The lowest BCUT2D eigenvalue weighted by Gasteiger charge is -2.24. The Labute approximate surface area is 338 Å². The molecule has 2 fully saturated rings. The maximum absolute atomic E-state index is 12.9. The van der Waals surface area contributed by atoms with Crippen molar-refractivity contribution in [3.8, 4) is 0 Å². The maximum atomic E-state index is 12.9. The summed E-state index contributed by atoms with van der Waals surface area (Å²) < 4.78 is 16.0. The van der Waals surface area contributed by atoms with Crippen LogP contribution in [0.3, 0.4) is 0 Å². The van der Waals surface area contributed by atoms with Gasteiger partial charge in [-0.25, -0.2) is 14.6 Å². The number of aliphatic hydroxyl groups excluding tert-OH is 1. The number of para-hydroxylation sites is 2. The van der Waals surface area contributed by atoms with Crippen LogP contribution in [0.4, 0.5) is 9.59 Å². The molecule has 1 aromatic heterocycles. The minimum Gasteiger partial charge on any atom is -0.449 e. The second-order valence-electron chi connectivity index (χ2n) is 14.6. The zero-order chi connectivity index (χ0) is 42.1. The van der Waals surface area contributed by atoms with E-state index in [0.717, 1.165) is 56.0 Å². The highest BCUT2D eigenvalue weighted by molar-refractivity contribution is 5.90. The number of hydrogen-bond donors (Lipinski definition) is 4. The molecule has 0 bridgehead atoms. The van der Waals surface area contributed by atoms with Gasteiger partial charge >= 0.3 is 12.2 Å². The van der Waals surface area contributed by atoms with Crippen molar-refractivity contribution >= 4 is 40.7 Å². The van der Waals surface area contributed by atoms with Crippen LogP contribution >= 0.6 is 0 Å². The molecule has 2 aliphatic rings. The number of hydrogen-bond acceptors (Lipinski definition) is 9. The first-order valence-electron chi connectivity index (χ1n) is 20.1. The van der Waals surface area contributed by atoms with Gasteiger partial charge in [0.25, 0.3) is 0 Å². The molecule has 13 nitrogen and oxygen atoms in total. The summed E-state index contributed by atoms with van der Waals surface area (Å²) in [6.45, 7) is 16.8. The van der Waals surface area contributed by atoms with Crippen LogP contribution in [0.2, 0.25) is 0 Å². The Morgan fingerprint density at radius 3 is 2.21 bits per heavy atom. The lowest BCUT2D eigenvalue weighted by molar-refractivity contribution is -0.137. The smallest absolute Gasteiger partial charge is 0.407 e. The second-order valence-corrected chi connectivity index (χ2v) is 14.6. The Morgan fingerprint density at radius 1 is 0.947 bits per heavy atom. The topological polar surface area (TPSA) is 172 Å². The number of rotatable bonds is 14. The first-order chi connectivity index (χ1) is 27.3. The van der Waals surface area contributed by atoms with Crippen molar-refractivity contribution in [1.29, 1.82) is 0 Å². The van der Waals surface area contributed by atoms with Gasteiger partial charge in [0.15, 0.2) is 5.58 Å². The van der Waals surface area contributed by atoms with Crippen molar-refractivity contribution in [1.82, 2.24) is 25.8 Å². The summed E-state index contributed by atoms with van der Waals surface area (Å²) in [7, 11) is 0. The number of aromatic nitrogens is 1. The summed E-state index contributed by atoms with van der Waals surface area (Å²) in [5.74, 6) is 0.417. The van der Waals surface area contributed by atoms with Crippen molar-refractivity contribution < 1.29 is 38.2 Å². The molecule has 1 unspecified atom stereocenters. The molecule has 314 valence electrons. The normalized spacial score (nSPS) is 14.7. The summed E-state index contributed by atoms with van der Waals surface area (Å²) in [5.41, 5.74) is 3.26. The molecular formula is C44H65N5O8. The third-order valence-corrected chi connectivity index (χ3v) is 8.46. The number of fused-ring (bicyclic) bond motifs is 1. The highest BCUT2D eigenvalue weighted by Gasteiger charge is 2.34. The third-order valence-electron chi connectivity index (χ3n) is 8.46. The van der Waals surface area contributed by atoms with E-state index in [1.165, 1.54) is 16.5 Å². The van der Waals surface area contributed by atoms with Gasteiger partial charge in [-0.15, -0.1) is 6.58 Å². The van der Waals surface area contributed by atoms with E-state index in [9.17, 15) is 19.2 Å². The van der Waals surface area contributed by atoms with E-state index in [-0.39, 0.29) is 37.6 Å². The van der Waals surface area contributed by atoms with Crippen LogP contribution in [-0.2, 0) is 25.5 Å². The van der Waals surface area contributed by atoms with Crippen molar-refractivity contribution in [2.75, 3.05) is 39.4 Å². The maximum Gasteiger partial charge on any atom is 0.407 e. The summed E-state index contributed by atoms with van der Waals surface area (Å²) in [6.07, 6.45) is 9.95. The predicted octanol–water partition coefficient (Wildman–Crippen LogP) is 7.59. The van der Waals surface area contributed by atoms with Gasteiger partial charge in [-0.3, -0.25) is 9.59 Å². The first-order valence-corrected chi connectivity index (χ1v) is 20.1. The molecule has 0 radical (unpaired) electrons. The fourth-order valence-corrected chi connectivity index (χ4v) is 5.30. The minimum absolute atomic E-state index is 0.0833. The lowest BCUT2D eigenvalue weighted by Crippen LogP contribution is -2.49. The monoisotopic (exact) mass is 791 g/mol. The Balaban J connectivity index is 0.000000380. The number of alkyl carbamates (subject to hydrolysis) is 2. The lowest BCUT2D eigenvalue weighted by atomic mass is 10.1. The summed E-state index contributed by atoms with van der Waals surface area (Å²) in [6, 6.07) is 17.4. The van der Waals surface area contributed by atoms with Gasteiger partial charge < -0.3 is 39.8 Å². The summed E-state index contributed by atoms with van der Waals surface area (Å²) >= 11 is 0. The average Bonchev–Trinajstić information content (AvgIpc) is 3.71. The number of ether oxygens (including phenoxy) is 2. The fraction of sp³-hybridized carbons (Fsp3) is 0.523. The Kier molecular flexibility index (Phi) is 22.4. The van der Waals surface area contributed by atoms with E-state index in [4.69, 9.17) is 19.0 Å². The van der Waals surface area contributed by atoms with Gasteiger partial charge in [-0.1, -0.05) is 81.8 Å². The molecule has 1 saturated carbocycles. The molecular weight excluding hydrogens is 727 g/mol. The molecule has 0 spiro atoms. The quantitative estimate of drug-likeness (QED) is 0.0948. The van der Waals surface area contributed by atoms with Gasteiger partial charge in [0.1, 0.15) is 23.7 Å². The van der Waals surface area contributed by atoms with Gasteiger partial charge in [-0.2, -0.15) is 0 Å². The molecule has 2 heterocycles. The average molecular weight is 792 g/mol.